The zero-order valence-electron chi connectivity index (χ0n) is 11.4. The summed E-state index contributed by atoms with van der Waals surface area (Å²) < 4.78 is 0. The van der Waals surface area contributed by atoms with Crippen molar-refractivity contribution in [3.63, 3.8) is 0 Å². The first-order valence-electron chi connectivity index (χ1n) is 6.30. The first-order valence-corrected chi connectivity index (χ1v) is 6.82. The van der Waals surface area contributed by atoms with Gasteiger partial charge in [0.15, 0.2) is 0 Å². The lowest BCUT2D eigenvalue weighted by atomic mass is 10.0. The van der Waals surface area contributed by atoms with Gasteiger partial charge in [-0.1, -0.05) is 24.3 Å². The topological polar surface area (TPSA) is 68.1 Å². The summed E-state index contributed by atoms with van der Waals surface area (Å²) in [6.07, 6.45) is 2.73. The number of hydrogen-bond donors (Lipinski definition) is 4. The van der Waals surface area contributed by atoms with Gasteiger partial charge in [0.25, 0.3) is 0 Å². The maximum atomic E-state index is 9.79. The summed E-state index contributed by atoms with van der Waals surface area (Å²) in [7, 11) is 0. The Morgan fingerprint density at radius 3 is 2.80 bits per heavy atom. The van der Waals surface area contributed by atoms with Crippen LogP contribution in [0.2, 0.25) is 0 Å². The molecule has 5 heteroatoms. The van der Waals surface area contributed by atoms with E-state index in [2.05, 4.69) is 43.2 Å². The van der Waals surface area contributed by atoms with E-state index in [0.717, 1.165) is 5.56 Å². The van der Waals surface area contributed by atoms with Gasteiger partial charge in [-0.05, 0) is 36.6 Å². The molecule has 0 bridgehead atoms. The maximum Gasteiger partial charge on any atom is 0.145 e. The molecule has 0 spiro atoms. The first-order chi connectivity index (χ1) is 9.52. The Balaban J connectivity index is 2.34. The van der Waals surface area contributed by atoms with Gasteiger partial charge in [-0.3, -0.25) is 5.32 Å². The number of nitrogens with one attached hydrogen (secondary N) is 2. The lowest BCUT2D eigenvalue weighted by molar-refractivity contribution is 0.160. The monoisotopic (exact) mass is 287 g/mol. The summed E-state index contributed by atoms with van der Waals surface area (Å²) in [6.45, 7) is 4.11. The Hall–Kier alpha value is -1.74. The minimum absolute atomic E-state index is 0.261. The van der Waals surface area contributed by atoms with Gasteiger partial charge < -0.3 is 10.4 Å². The molecule has 1 aliphatic rings. The maximum absolute atomic E-state index is 9.79. The number of nitrogens with zero attached hydrogens (tertiary/aromatic N) is 1. The minimum Gasteiger partial charge on any atom is -0.373 e. The SMILES string of the molecule is Cc1cccc(/C=C/C2=C(C#N)C(O)NC(S)N2)c1C. The largest absolute Gasteiger partial charge is 0.373 e. The molecule has 0 radical (unpaired) electrons. The summed E-state index contributed by atoms with van der Waals surface area (Å²) in [6, 6.07) is 8.07. The van der Waals surface area contributed by atoms with E-state index in [1.807, 2.05) is 24.3 Å². The number of aliphatic hydroxyl groups is 1. The highest BCUT2D eigenvalue weighted by Crippen LogP contribution is 2.18. The predicted octanol–water partition coefficient (Wildman–Crippen LogP) is 1.82. The second-order valence-electron chi connectivity index (χ2n) is 4.68. The molecule has 20 heavy (non-hydrogen) atoms. The molecular weight excluding hydrogens is 270 g/mol. The molecule has 2 atom stereocenters. The quantitative estimate of drug-likeness (QED) is 0.626. The molecule has 0 amide bonds. The van der Waals surface area contributed by atoms with E-state index >= 15 is 0 Å². The van der Waals surface area contributed by atoms with Gasteiger partial charge >= 0.3 is 0 Å². The van der Waals surface area contributed by atoms with Crippen LogP contribution in [0.25, 0.3) is 6.08 Å². The standard InChI is InChI=1S/C15H17N3OS/c1-9-4-3-5-11(10(9)2)6-7-13-12(8-16)14(19)18-15(20)17-13/h3-7,14-15,17-20H,1-2H3/b7-6+. The van der Waals surface area contributed by atoms with Gasteiger partial charge in [0.1, 0.15) is 17.8 Å². The van der Waals surface area contributed by atoms with Crippen LogP contribution in [0.5, 0.6) is 0 Å². The second-order valence-corrected chi connectivity index (χ2v) is 5.19. The van der Waals surface area contributed by atoms with Crippen LogP contribution in [-0.2, 0) is 0 Å². The van der Waals surface area contributed by atoms with Crippen LogP contribution in [-0.4, -0.2) is 16.8 Å². The third-order valence-electron chi connectivity index (χ3n) is 3.37. The molecule has 2 unspecified atom stereocenters. The molecule has 0 saturated carbocycles. The number of nitriles is 1. The summed E-state index contributed by atoms with van der Waals surface area (Å²) in [4.78, 5) is 0. The van der Waals surface area contributed by atoms with Gasteiger partial charge in [0.2, 0.25) is 0 Å². The van der Waals surface area contributed by atoms with Crippen molar-refractivity contribution < 1.29 is 5.11 Å². The van der Waals surface area contributed by atoms with E-state index in [0.29, 0.717) is 5.70 Å². The molecule has 1 aromatic rings. The first kappa shape index (κ1) is 14.7. The molecular formula is C15H17N3OS. The Bertz CT molecular complexity index is 616. The van der Waals surface area contributed by atoms with Crippen LogP contribution >= 0.6 is 12.6 Å². The van der Waals surface area contributed by atoms with E-state index < -0.39 is 6.23 Å². The average molecular weight is 287 g/mol. The van der Waals surface area contributed by atoms with Crippen molar-refractivity contribution in [2.45, 2.75) is 25.6 Å². The van der Waals surface area contributed by atoms with Crippen LogP contribution in [0, 0.1) is 25.2 Å². The van der Waals surface area contributed by atoms with E-state index in [-0.39, 0.29) is 11.1 Å². The van der Waals surface area contributed by atoms with Crippen molar-refractivity contribution in [2.24, 2.45) is 0 Å². The zero-order valence-corrected chi connectivity index (χ0v) is 12.3. The van der Waals surface area contributed by atoms with Crippen LogP contribution in [0.3, 0.4) is 0 Å². The third kappa shape index (κ3) is 3.05. The highest BCUT2D eigenvalue weighted by atomic mass is 32.1. The smallest absolute Gasteiger partial charge is 0.145 e. The fourth-order valence-corrected chi connectivity index (χ4v) is 2.31. The minimum atomic E-state index is -0.998. The van der Waals surface area contributed by atoms with Crippen molar-refractivity contribution in [1.82, 2.24) is 10.6 Å². The molecule has 0 aromatic heterocycles. The molecule has 0 saturated heterocycles. The second kappa shape index (κ2) is 6.14. The van der Waals surface area contributed by atoms with Crippen molar-refractivity contribution in [3.8, 4) is 6.07 Å². The van der Waals surface area contributed by atoms with Crippen molar-refractivity contribution in [2.75, 3.05) is 0 Å². The van der Waals surface area contributed by atoms with E-state index in [9.17, 15) is 5.11 Å². The Morgan fingerprint density at radius 2 is 2.10 bits per heavy atom. The fraction of sp³-hybridized carbons (Fsp3) is 0.267. The van der Waals surface area contributed by atoms with E-state index in [1.165, 1.54) is 11.1 Å². The van der Waals surface area contributed by atoms with Gasteiger partial charge in [0, 0.05) is 0 Å². The summed E-state index contributed by atoms with van der Waals surface area (Å²) >= 11 is 4.22. The molecule has 4 nitrogen and oxygen atoms in total. The molecule has 0 fully saturated rings. The number of aryl methyl sites for hydroxylation is 1. The Morgan fingerprint density at radius 1 is 1.35 bits per heavy atom. The molecule has 3 N–H and O–H groups in total. The summed E-state index contributed by atoms with van der Waals surface area (Å²) in [5.41, 5.74) is 3.95. The lowest BCUT2D eigenvalue weighted by Gasteiger charge is -2.27. The van der Waals surface area contributed by atoms with Crippen molar-refractivity contribution >= 4 is 18.7 Å². The molecule has 2 rings (SSSR count). The number of benzene rings is 1. The number of rotatable bonds is 2. The van der Waals surface area contributed by atoms with Crippen LogP contribution in [0.15, 0.2) is 35.5 Å². The highest BCUT2D eigenvalue weighted by molar-refractivity contribution is 7.80. The van der Waals surface area contributed by atoms with E-state index in [4.69, 9.17) is 5.26 Å². The molecule has 1 heterocycles. The molecule has 1 aromatic carbocycles. The number of aliphatic hydroxyl groups excluding tert-OH is 1. The summed E-state index contributed by atoms with van der Waals surface area (Å²) in [5, 5.41) is 24.6. The third-order valence-corrected chi connectivity index (χ3v) is 3.65. The number of thiol groups is 1. The number of allylic oxidation sites excluding steroid dienone is 1. The van der Waals surface area contributed by atoms with Crippen molar-refractivity contribution in [1.29, 1.82) is 5.26 Å². The zero-order chi connectivity index (χ0) is 14.7. The van der Waals surface area contributed by atoms with Gasteiger partial charge in [0.05, 0.1) is 11.3 Å². The summed E-state index contributed by atoms with van der Waals surface area (Å²) in [5.74, 6) is 0. The average Bonchev–Trinajstić information content (AvgIpc) is 2.40. The fourth-order valence-electron chi connectivity index (χ4n) is 2.03. The van der Waals surface area contributed by atoms with Crippen molar-refractivity contribution in [3.05, 3.63) is 52.2 Å². The van der Waals surface area contributed by atoms with Gasteiger partial charge in [-0.15, -0.1) is 12.6 Å². The number of hydrogen-bond acceptors (Lipinski definition) is 5. The molecule has 1 aliphatic heterocycles. The normalized spacial score (nSPS) is 22.8. The Kier molecular flexibility index (Phi) is 4.50. The highest BCUT2D eigenvalue weighted by Gasteiger charge is 2.23. The molecule has 0 aliphatic carbocycles. The Labute approximate surface area is 124 Å². The lowest BCUT2D eigenvalue weighted by Crippen LogP contribution is -2.49. The van der Waals surface area contributed by atoms with Gasteiger partial charge in [-0.25, -0.2) is 0 Å². The predicted molar refractivity (Wildman–Crippen MR) is 82.6 cm³/mol. The van der Waals surface area contributed by atoms with Gasteiger partial charge in [-0.2, -0.15) is 5.26 Å². The van der Waals surface area contributed by atoms with Crippen LogP contribution in [0.4, 0.5) is 0 Å². The van der Waals surface area contributed by atoms with E-state index in [1.54, 1.807) is 6.08 Å². The molecule has 104 valence electrons. The van der Waals surface area contributed by atoms with Crippen LogP contribution in [0.1, 0.15) is 16.7 Å². The van der Waals surface area contributed by atoms with Crippen LogP contribution < -0.4 is 10.6 Å².